The van der Waals surface area contributed by atoms with Gasteiger partial charge in [-0.05, 0) is 30.9 Å². The minimum atomic E-state index is -0.850. The highest BCUT2D eigenvalue weighted by Gasteiger charge is 2.37. The van der Waals surface area contributed by atoms with Crippen LogP contribution in [-0.4, -0.2) is 34.4 Å². The van der Waals surface area contributed by atoms with Gasteiger partial charge in [-0.25, -0.2) is 0 Å². The lowest BCUT2D eigenvalue weighted by Crippen LogP contribution is -2.52. The number of fused-ring (bicyclic) bond motifs is 1. The fourth-order valence-electron chi connectivity index (χ4n) is 4.13. The molecular formula is C20H25ClN2O3. The van der Waals surface area contributed by atoms with Crippen molar-refractivity contribution in [3.05, 3.63) is 29.4 Å². The Morgan fingerprint density at radius 3 is 2.77 bits per heavy atom. The van der Waals surface area contributed by atoms with E-state index in [0.717, 1.165) is 29.4 Å². The van der Waals surface area contributed by atoms with Crippen molar-refractivity contribution < 1.29 is 14.6 Å². The van der Waals surface area contributed by atoms with Gasteiger partial charge in [0.05, 0.1) is 36.0 Å². The first-order valence-corrected chi connectivity index (χ1v) is 9.79. The van der Waals surface area contributed by atoms with Gasteiger partial charge in [-0.2, -0.15) is 0 Å². The number of aliphatic hydroxyl groups is 1. The Morgan fingerprint density at radius 2 is 2.08 bits per heavy atom. The smallest absolute Gasteiger partial charge is 0.224 e. The molecule has 6 heteroatoms. The summed E-state index contributed by atoms with van der Waals surface area (Å²) >= 11 is 6.42. The Bertz CT molecular complexity index is 807. The lowest BCUT2D eigenvalue weighted by atomic mass is 9.87. The summed E-state index contributed by atoms with van der Waals surface area (Å²) in [6.07, 6.45) is 8.47. The maximum Gasteiger partial charge on any atom is 0.224 e. The van der Waals surface area contributed by atoms with E-state index in [1.807, 2.05) is 29.0 Å². The second kappa shape index (κ2) is 7.22. The number of anilines is 1. The number of nitrogens with one attached hydrogen (secondary N) is 1. The average Bonchev–Trinajstić information content (AvgIpc) is 2.93. The zero-order valence-corrected chi connectivity index (χ0v) is 15.6. The number of hydrogen-bond acceptors (Lipinski definition) is 3. The van der Waals surface area contributed by atoms with E-state index in [1.54, 1.807) is 0 Å². The van der Waals surface area contributed by atoms with Gasteiger partial charge in [0.15, 0.2) is 0 Å². The summed E-state index contributed by atoms with van der Waals surface area (Å²) in [5, 5.41) is 14.9. The molecule has 1 aromatic carbocycles. The first-order valence-electron chi connectivity index (χ1n) is 9.41. The van der Waals surface area contributed by atoms with Gasteiger partial charge in [0, 0.05) is 18.0 Å². The van der Waals surface area contributed by atoms with Crippen molar-refractivity contribution in [2.45, 2.75) is 50.7 Å². The standard InChI is InChI=1S/C20H25ClN2O3/c21-15-7-4-8-17-19(15)16(10-23(17)11-20(25)12-26-13-20)22-18(24)9-14-5-2-1-3-6-14/h4,7-8,10,14,25H,1-3,5-6,9,11-13H2,(H,22,24). The summed E-state index contributed by atoms with van der Waals surface area (Å²) in [6, 6.07) is 5.67. The quantitative estimate of drug-likeness (QED) is 0.830. The Kier molecular flexibility index (Phi) is 4.95. The SMILES string of the molecule is O=C(CC1CCCCC1)Nc1cn(CC2(O)COC2)c2cccc(Cl)c12. The van der Waals surface area contributed by atoms with Crippen LogP contribution in [0.1, 0.15) is 38.5 Å². The third-order valence-electron chi connectivity index (χ3n) is 5.53. The van der Waals surface area contributed by atoms with E-state index in [4.69, 9.17) is 16.3 Å². The van der Waals surface area contributed by atoms with Crippen LogP contribution in [0.2, 0.25) is 5.02 Å². The second-order valence-corrected chi connectivity index (χ2v) is 8.19. The molecule has 2 aromatic rings. The first-order chi connectivity index (χ1) is 12.5. The zero-order valence-electron chi connectivity index (χ0n) is 14.8. The fraction of sp³-hybridized carbons (Fsp3) is 0.550. The normalized spacial score (nSPS) is 20.1. The molecule has 0 atom stereocenters. The summed E-state index contributed by atoms with van der Waals surface area (Å²) in [5.74, 6) is 0.530. The van der Waals surface area contributed by atoms with Crippen LogP contribution in [0.5, 0.6) is 0 Å². The van der Waals surface area contributed by atoms with Crippen LogP contribution in [0.25, 0.3) is 10.9 Å². The largest absolute Gasteiger partial charge is 0.383 e. The Hall–Kier alpha value is -1.56. The van der Waals surface area contributed by atoms with Gasteiger partial charge in [-0.15, -0.1) is 0 Å². The van der Waals surface area contributed by atoms with E-state index in [0.29, 0.717) is 37.1 Å². The van der Waals surface area contributed by atoms with E-state index in [2.05, 4.69) is 5.32 Å². The molecule has 2 fully saturated rings. The van der Waals surface area contributed by atoms with Crippen molar-refractivity contribution >= 4 is 34.1 Å². The number of halogens is 1. The Labute approximate surface area is 158 Å². The van der Waals surface area contributed by atoms with Crippen molar-refractivity contribution in [2.24, 2.45) is 5.92 Å². The molecule has 0 spiro atoms. The topological polar surface area (TPSA) is 63.5 Å². The van der Waals surface area contributed by atoms with Gasteiger partial charge in [0.1, 0.15) is 5.60 Å². The predicted octanol–water partition coefficient (Wildman–Crippen LogP) is 3.96. The molecule has 1 aliphatic carbocycles. The maximum atomic E-state index is 12.6. The number of rotatable bonds is 5. The predicted molar refractivity (Wildman–Crippen MR) is 103 cm³/mol. The van der Waals surface area contributed by atoms with Crippen LogP contribution in [0.15, 0.2) is 24.4 Å². The molecule has 5 nitrogen and oxygen atoms in total. The summed E-state index contributed by atoms with van der Waals surface area (Å²) in [5.41, 5.74) is 0.776. The van der Waals surface area contributed by atoms with Crippen LogP contribution >= 0.6 is 11.6 Å². The van der Waals surface area contributed by atoms with Crippen molar-refractivity contribution in [1.82, 2.24) is 4.57 Å². The molecule has 2 aliphatic rings. The molecule has 0 unspecified atom stereocenters. The zero-order chi connectivity index (χ0) is 18.1. The van der Waals surface area contributed by atoms with Crippen LogP contribution in [0.4, 0.5) is 5.69 Å². The molecule has 4 rings (SSSR count). The maximum absolute atomic E-state index is 12.6. The number of nitrogens with zero attached hydrogens (tertiary/aromatic N) is 1. The lowest BCUT2D eigenvalue weighted by Gasteiger charge is -2.36. The third-order valence-corrected chi connectivity index (χ3v) is 5.85. The van der Waals surface area contributed by atoms with Gasteiger partial charge in [-0.1, -0.05) is 36.9 Å². The molecule has 140 valence electrons. The minimum absolute atomic E-state index is 0.0431. The number of carbonyl (C=O) groups excluding carboxylic acids is 1. The molecule has 1 saturated carbocycles. The van der Waals surface area contributed by atoms with Gasteiger partial charge >= 0.3 is 0 Å². The number of amides is 1. The number of ether oxygens (including phenoxy) is 1. The van der Waals surface area contributed by atoms with Crippen LogP contribution in [0, 0.1) is 5.92 Å². The van der Waals surface area contributed by atoms with Crippen molar-refractivity contribution in [3.8, 4) is 0 Å². The molecule has 1 aliphatic heterocycles. The Balaban J connectivity index is 1.56. The monoisotopic (exact) mass is 376 g/mol. The average molecular weight is 377 g/mol. The minimum Gasteiger partial charge on any atom is -0.383 e. The van der Waals surface area contributed by atoms with Crippen LogP contribution in [0.3, 0.4) is 0 Å². The molecular weight excluding hydrogens is 352 g/mol. The number of carbonyl (C=O) groups is 1. The summed E-state index contributed by atoms with van der Waals surface area (Å²) in [6.45, 7) is 1.08. The molecule has 2 heterocycles. The van der Waals surface area contributed by atoms with Gasteiger partial charge < -0.3 is 19.7 Å². The van der Waals surface area contributed by atoms with Crippen LogP contribution in [-0.2, 0) is 16.1 Å². The van der Waals surface area contributed by atoms with Gasteiger partial charge in [0.2, 0.25) is 5.91 Å². The van der Waals surface area contributed by atoms with Crippen molar-refractivity contribution in [3.63, 3.8) is 0 Å². The number of hydrogen-bond donors (Lipinski definition) is 2. The summed E-state index contributed by atoms with van der Waals surface area (Å²) in [7, 11) is 0. The van der Waals surface area contributed by atoms with E-state index in [1.165, 1.54) is 19.3 Å². The second-order valence-electron chi connectivity index (χ2n) is 7.78. The fourth-order valence-corrected chi connectivity index (χ4v) is 4.41. The van der Waals surface area contributed by atoms with Crippen LogP contribution < -0.4 is 5.32 Å². The first kappa shape index (κ1) is 17.8. The molecule has 1 saturated heterocycles. The molecule has 2 N–H and O–H groups in total. The highest BCUT2D eigenvalue weighted by atomic mass is 35.5. The highest BCUT2D eigenvalue weighted by Crippen LogP contribution is 2.35. The summed E-state index contributed by atoms with van der Waals surface area (Å²) < 4.78 is 7.10. The van der Waals surface area contributed by atoms with E-state index in [9.17, 15) is 9.90 Å². The molecule has 0 bridgehead atoms. The van der Waals surface area contributed by atoms with Crippen molar-refractivity contribution in [1.29, 1.82) is 0 Å². The Morgan fingerprint density at radius 1 is 1.31 bits per heavy atom. The van der Waals surface area contributed by atoms with E-state index < -0.39 is 5.60 Å². The molecule has 0 radical (unpaired) electrons. The third kappa shape index (κ3) is 3.61. The van der Waals surface area contributed by atoms with E-state index >= 15 is 0 Å². The van der Waals surface area contributed by atoms with E-state index in [-0.39, 0.29) is 5.91 Å². The summed E-state index contributed by atoms with van der Waals surface area (Å²) in [4.78, 5) is 12.6. The van der Waals surface area contributed by atoms with Gasteiger partial charge in [-0.3, -0.25) is 4.79 Å². The molecule has 1 amide bonds. The number of aromatic nitrogens is 1. The number of benzene rings is 1. The van der Waals surface area contributed by atoms with Crippen molar-refractivity contribution in [2.75, 3.05) is 18.5 Å². The molecule has 1 aromatic heterocycles. The van der Waals surface area contributed by atoms with Gasteiger partial charge in [0.25, 0.3) is 0 Å². The lowest BCUT2D eigenvalue weighted by molar-refractivity contribution is -0.184. The molecule has 26 heavy (non-hydrogen) atoms. The highest BCUT2D eigenvalue weighted by molar-refractivity contribution is 6.36.